The molecule has 1 aromatic rings. The fourth-order valence-corrected chi connectivity index (χ4v) is 3.51. The summed E-state index contributed by atoms with van der Waals surface area (Å²) in [7, 11) is 4.05. The Morgan fingerprint density at radius 2 is 1.50 bits per heavy atom. The van der Waals surface area contributed by atoms with Crippen LogP contribution in [0.3, 0.4) is 0 Å². The van der Waals surface area contributed by atoms with E-state index in [4.69, 9.17) is 34.2 Å². The normalized spacial score (nSPS) is 10.9. The van der Waals surface area contributed by atoms with Crippen LogP contribution in [0.2, 0.25) is 5.15 Å². The third kappa shape index (κ3) is 11.5. The van der Waals surface area contributed by atoms with E-state index >= 15 is 0 Å². The largest absolute Gasteiger partial charge is 0.382 e. The summed E-state index contributed by atoms with van der Waals surface area (Å²) in [5, 5.41) is 10.5. The van der Waals surface area contributed by atoms with Crippen molar-refractivity contribution in [3.05, 3.63) is 10.8 Å². The van der Waals surface area contributed by atoms with Gasteiger partial charge < -0.3 is 27.4 Å². The average Bonchev–Trinajstić information content (AvgIpc) is 2.76. The summed E-state index contributed by atoms with van der Waals surface area (Å²) in [6.07, 6.45) is 9.41. The number of nitrogen functional groups attached to an aromatic ring is 2. The lowest BCUT2D eigenvalue weighted by atomic mass is 10.1. The minimum atomic E-state index is -0.624. The highest BCUT2D eigenvalue weighted by Gasteiger charge is 2.23. The summed E-state index contributed by atoms with van der Waals surface area (Å²) in [6.45, 7) is 1.99. The van der Waals surface area contributed by atoms with E-state index in [-0.39, 0.29) is 40.9 Å². The van der Waals surface area contributed by atoms with Gasteiger partial charge in [-0.1, -0.05) is 50.1 Å². The zero-order valence-corrected chi connectivity index (χ0v) is 21.2. The molecule has 0 atom stereocenters. The quantitative estimate of drug-likeness (QED) is 0.131. The summed E-state index contributed by atoms with van der Waals surface area (Å²) < 4.78 is 0. The van der Waals surface area contributed by atoms with Crippen molar-refractivity contribution in [2.75, 3.05) is 45.2 Å². The average molecular weight is 498 g/mol. The number of aromatic nitrogens is 2. The Morgan fingerprint density at radius 1 is 0.912 bits per heavy atom. The highest BCUT2D eigenvalue weighted by atomic mass is 35.5. The first-order valence-electron chi connectivity index (χ1n) is 11.8. The molecule has 34 heavy (non-hydrogen) atoms. The Morgan fingerprint density at radius 3 is 2.09 bits per heavy atom. The number of nitrogens with zero attached hydrogens (tertiary/aromatic N) is 4. The molecule has 0 aliphatic rings. The van der Waals surface area contributed by atoms with Crippen molar-refractivity contribution in [3.8, 4) is 0 Å². The van der Waals surface area contributed by atoms with Gasteiger partial charge in [-0.25, -0.2) is 9.97 Å². The molecule has 0 bridgehead atoms. The van der Waals surface area contributed by atoms with Gasteiger partial charge in [-0.15, -0.1) is 0 Å². The molecule has 0 aliphatic carbocycles. The van der Waals surface area contributed by atoms with E-state index in [1.165, 1.54) is 0 Å². The van der Waals surface area contributed by atoms with Crippen LogP contribution < -0.4 is 22.5 Å². The van der Waals surface area contributed by atoms with Crippen LogP contribution in [0.4, 0.5) is 11.6 Å². The molecular weight excluding hydrogens is 458 g/mol. The van der Waals surface area contributed by atoms with Crippen LogP contribution >= 0.6 is 11.6 Å². The lowest BCUT2D eigenvalue weighted by molar-refractivity contribution is -0.121. The van der Waals surface area contributed by atoms with E-state index in [2.05, 4.69) is 20.2 Å². The summed E-state index contributed by atoms with van der Waals surface area (Å²) in [5.74, 6) is -1.09. The van der Waals surface area contributed by atoms with Gasteiger partial charge in [0.2, 0.25) is 5.91 Å². The van der Waals surface area contributed by atoms with Gasteiger partial charge in [-0.2, -0.15) is 0 Å². The monoisotopic (exact) mass is 497 g/mol. The standard InChI is InChI=1S/C22H40ClN9O2/c1-31(2)14-11-13-28-16(33)12-9-7-5-3-4-6-8-10-15-32(22(26)27)21(34)17-19(24)30-20(25)18(23)29-17/h3-15H2,1-2H3,(H3,26,27)(H,28,33)(H4,24,25,30). The molecule has 0 aromatic carbocycles. The van der Waals surface area contributed by atoms with Crippen LogP contribution in [0.15, 0.2) is 0 Å². The van der Waals surface area contributed by atoms with Crippen LogP contribution in [0.5, 0.6) is 0 Å². The number of carbonyl (C=O) groups is 2. The van der Waals surface area contributed by atoms with Crippen LogP contribution in [0.25, 0.3) is 0 Å². The van der Waals surface area contributed by atoms with Crippen molar-refractivity contribution in [1.29, 1.82) is 5.41 Å². The SMILES string of the molecule is CN(C)CCCNC(=O)CCCCCCCCCCN(C(=N)N)C(=O)c1nc(Cl)c(N)nc1N. The number of guanidine groups is 1. The number of halogens is 1. The van der Waals surface area contributed by atoms with Gasteiger partial charge in [-0.3, -0.25) is 19.9 Å². The first kappa shape index (κ1) is 29.4. The smallest absolute Gasteiger partial charge is 0.283 e. The van der Waals surface area contributed by atoms with E-state index in [1.54, 1.807) is 0 Å². The molecule has 0 spiro atoms. The van der Waals surface area contributed by atoms with Crippen LogP contribution in [0.1, 0.15) is 74.7 Å². The maximum Gasteiger partial charge on any atom is 0.283 e. The molecule has 12 heteroatoms. The van der Waals surface area contributed by atoms with Crippen molar-refractivity contribution in [2.45, 2.75) is 64.2 Å². The number of hydrogen-bond acceptors (Lipinski definition) is 8. The second kappa shape index (κ2) is 16.0. The van der Waals surface area contributed by atoms with E-state index < -0.39 is 5.91 Å². The Bertz CT molecular complexity index is 805. The highest BCUT2D eigenvalue weighted by molar-refractivity contribution is 6.31. The molecule has 0 saturated carbocycles. The zero-order valence-electron chi connectivity index (χ0n) is 20.4. The number of anilines is 2. The van der Waals surface area contributed by atoms with Gasteiger partial charge in [0.1, 0.15) is 0 Å². The summed E-state index contributed by atoms with van der Waals surface area (Å²) >= 11 is 5.84. The third-order valence-corrected chi connectivity index (χ3v) is 5.56. The second-order valence-corrected chi connectivity index (χ2v) is 8.92. The molecule has 0 saturated heterocycles. The molecule has 0 radical (unpaired) electrons. The number of rotatable bonds is 16. The van der Waals surface area contributed by atoms with E-state index in [0.717, 1.165) is 69.4 Å². The predicted octanol–water partition coefficient (Wildman–Crippen LogP) is 2.21. The first-order valence-corrected chi connectivity index (χ1v) is 12.2. The molecule has 1 aromatic heterocycles. The maximum atomic E-state index is 12.7. The predicted molar refractivity (Wildman–Crippen MR) is 137 cm³/mol. The Labute approximate surface area is 207 Å². The number of unbranched alkanes of at least 4 members (excludes halogenated alkanes) is 7. The molecule has 1 rings (SSSR count). The lowest BCUT2D eigenvalue weighted by Gasteiger charge is -2.20. The highest BCUT2D eigenvalue weighted by Crippen LogP contribution is 2.19. The van der Waals surface area contributed by atoms with Gasteiger partial charge in [0.05, 0.1) is 0 Å². The Balaban J connectivity index is 2.17. The van der Waals surface area contributed by atoms with Crippen molar-refractivity contribution >= 4 is 41.0 Å². The van der Waals surface area contributed by atoms with Crippen LogP contribution in [-0.2, 0) is 4.79 Å². The minimum absolute atomic E-state index is 0.0658. The van der Waals surface area contributed by atoms with Crippen LogP contribution in [-0.4, -0.2) is 71.3 Å². The maximum absolute atomic E-state index is 12.7. The van der Waals surface area contributed by atoms with Gasteiger partial charge in [0.25, 0.3) is 5.91 Å². The third-order valence-electron chi connectivity index (χ3n) is 5.28. The Kier molecular flexibility index (Phi) is 13.9. The molecule has 2 amide bonds. The number of nitrogens with two attached hydrogens (primary N) is 3. The summed E-state index contributed by atoms with van der Waals surface area (Å²) in [4.78, 5) is 35.4. The van der Waals surface area contributed by atoms with E-state index in [1.807, 2.05) is 14.1 Å². The van der Waals surface area contributed by atoms with Crippen LogP contribution in [0, 0.1) is 5.41 Å². The van der Waals surface area contributed by atoms with Gasteiger partial charge in [0, 0.05) is 19.5 Å². The molecule has 192 valence electrons. The number of carbonyl (C=O) groups excluding carboxylic acids is 2. The van der Waals surface area contributed by atoms with Gasteiger partial charge in [-0.05, 0) is 39.9 Å². The summed E-state index contributed by atoms with van der Waals surface area (Å²) in [6, 6.07) is 0. The van der Waals surface area contributed by atoms with Crippen molar-refractivity contribution in [3.63, 3.8) is 0 Å². The molecule has 0 aliphatic heterocycles. The van der Waals surface area contributed by atoms with Crippen molar-refractivity contribution in [1.82, 2.24) is 25.1 Å². The fraction of sp³-hybridized carbons (Fsp3) is 0.682. The van der Waals surface area contributed by atoms with E-state index in [9.17, 15) is 9.59 Å². The first-order chi connectivity index (χ1) is 16.1. The molecule has 11 nitrogen and oxygen atoms in total. The Hall–Kier alpha value is -2.66. The molecule has 0 unspecified atom stereocenters. The molecule has 8 N–H and O–H groups in total. The molecular formula is C22H40ClN9O2. The fourth-order valence-electron chi connectivity index (χ4n) is 3.39. The summed E-state index contributed by atoms with van der Waals surface area (Å²) in [5.41, 5.74) is 16.7. The number of hydrogen-bond donors (Lipinski definition) is 5. The number of amides is 2. The number of nitrogens with one attached hydrogen (secondary N) is 2. The second-order valence-electron chi connectivity index (χ2n) is 8.56. The van der Waals surface area contributed by atoms with Crippen molar-refractivity contribution < 1.29 is 9.59 Å². The van der Waals surface area contributed by atoms with Gasteiger partial charge in [0.15, 0.2) is 28.4 Å². The zero-order chi connectivity index (χ0) is 25.5. The minimum Gasteiger partial charge on any atom is -0.382 e. The van der Waals surface area contributed by atoms with Crippen molar-refractivity contribution in [2.24, 2.45) is 5.73 Å². The molecule has 0 fully saturated rings. The van der Waals surface area contributed by atoms with Gasteiger partial charge >= 0.3 is 0 Å². The lowest BCUT2D eigenvalue weighted by Crippen LogP contribution is -2.42. The topological polar surface area (TPSA) is 180 Å². The molecule has 1 heterocycles. The van der Waals surface area contributed by atoms with E-state index in [0.29, 0.717) is 12.8 Å².